The number of nitrogens with zero attached hydrogens (tertiary/aromatic N) is 2. The number of hydrogen-bond acceptors (Lipinski definition) is 1. The molecule has 1 aromatic rings. The maximum absolute atomic E-state index is 4.94. The van der Waals surface area contributed by atoms with Crippen molar-refractivity contribution >= 4 is 0 Å². The molecule has 2 nitrogen and oxygen atoms in total. The Bertz CT molecular complexity index is 405. The zero-order valence-corrected chi connectivity index (χ0v) is 10.7. The standard InChI is InChI=1S/C14H22N2/c1-9-7-11(3)13-12(8-9)15-14-10(2)5-4-6-16(13)14/h9-11H,4-8H2,1-3H3. The molecule has 0 radical (unpaired) electrons. The molecule has 0 aromatic carbocycles. The summed E-state index contributed by atoms with van der Waals surface area (Å²) in [6.45, 7) is 8.28. The molecule has 0 saturated carbocycles. The highest BCUT2D eigenvalue weighted by Crippen LogP contribution is 2.38. The average molecular weight is 218 g/mol. The number of imidazole rings is 1. The van der Waals surface area contributed by atoms with Crippen molar-refractivity contribution in [3.8, 4) is 0 Å². The lowest BCUT2D eigenvalue weighted by Crippen LogP contribution is -2.20. The van der Waals surface area contributed by atoms with Gasteiger partial charge in [0, 0.05) is 18.2 Å². The van der Waals surface area contributed by atoms with Crippen LogP contribution in [0.15, 0.2) is 0 Å². The molecule has 1 aliphatic carbocycles. The maximum atomic E-state index is 4.94. The Labute approximate surface area is 98.1 Å². The van der Waals surface area contributed by atoms with Crippen molar-refractivity contribution < 1.29 is 0 Å². The van der Waals surface area contributed by atoms with E-state index in [0.29, 0.717) is 11.8 Å². The summed E-state index contributed by atoms with van der Waals surface area (Å²) < 4.78 is 2.54. The molecule has 2 heteroatoms. The van der Waals surface area contributed by atoms with E-state index in [1.165, 1.54) is 43.7 Å². The topological polar surface area (TPSA) is 17.8 Å². The molecule has 0 N–H and O–H groups in total. The predicted molar refractivity (Wildman–Crippen MR) is 65.8 cm³/mol. The SMILES string of the molecule is CC1Cc2nc3n(c2C(C)C1)CCCC3C. The van der Waals surface area contributed by atoms with Crippen LogP contribution in [-0.4, -0.2) is 9.55 Å². The molecular weight excluding hydrogens is 196 g/mol. The first-order chi connectivity index (χ1) is 7.66. The van der Waals surface area contributed by atoms with E-state index in [0.717, 1.165) is 5.92 Å². The van der Waals surface area contributed by atoms with E-state index in [9.17, 15) is 0 Å². The molecule has 0 fully saturated rings. The molecule has 16 heavy (non-hydrogen) atoms. The second kappa shape index (κ2) is 3.61. The minimum Gasteiger partial charge on any atom is -0.331 e. The molecule has 2 aliphatic rings. The first-order valence-electron chi connectivity index (χ1n) is 6.76. The molecule has 2 heterocycles. The molecule has 1 aliphatic heterocycles. The highest BCUT2D eigenvalue weighted by atomic mass is 15.1. The van der Waals surface area contributed by atoms with Crippen molar-refractivity contribution in [2.45, 2.75) is 64.8 Å². The van der Waals surface area contributed by atoms with Crippen LogP contribution in [0.1, 0.15) is 69.1 Å². The molecule has 3 unspecified atom stereocenters. The number of rotatable bonds is 0. The fourth-order valence-electron chi connectivity index (χ4n) is 3.66. The van der Waals surface area contributed by atoms with E-state index in [4.69, 9.17) is 4.98 Å². The number of aromatic nitrogens is 2. The van der Waals surface area contributed by atoms with Crippen LogP contribution in [0, 0.1) is 5.92 Å². The summed E-state index contributed by atoms with van der Waals surface area (Å²) in [5.41, 5.74) is 2.98. The van der Waals surface area contributed by atoms with Crippen LogP contribution in [0.4, 0.5) is 0 Å². The van der Waals surface area contributed by atoms with Gasteiger partial charge in [0.15, 0.2) is 0 Å². The third kappa shape index (κ3) is 1.42. The Morgan fingerprint density at radius 1 is 1.19 bits per heavy atom. The first-order valence-corrected chi connectivity index (χ1v) is 6.76. The molecule has 3 rings (SSSR count). The van der Waals surface area contributed by atoms with Gasteiger partial charge in [-0.15, -0.1) is 0 Å². The third-order valence-electron chi connectivity index (χ3n) is 4.34. The van der Waals surface area contributed by atoms with Crippen molar-refractivity contribution in [2.75, 3.05) is 0 Å². The second-order valence-electron chi connectivity index (χ2n) is 5.94. The van der Waals surface area contributed by atoms with Crippen molar-refractivity contribution in [2.24, 2.45) is 5.92 Å². The van der Waals surface area contributed by atoms with E-state index in [1.807, 2.05) is 0 Å². The van der Waals surface area contributed by atoms with Crippen LogP contribution in [0.25, 0.3) is 0 Å². The van der Waals surface area contributed by atoms with Crippen LogP contribution in [0.5, 0.6) is 0 Å². The number of fused-ring (bicyclic) bond motifs is 3. The summed E-state index contributed by atoms with van der Waals surface area (Å²) in [5.74, 6) is 3.57. The van der Waals surface area contributed by atoms with E-state index >= 15 is 0 Å². The summed E-state index contributed by atoms with van der Waals surface area (Å²) in [6.07, 6.45) is 5.19. The van der Waals surface area contributed by atoms with Gasteiger partial charge in [-0.25, -0.2) is 4.98 Å². The van der Waals surface area contributed by atoms with Gasteiger partial charge in [-0.3, -0.25) is 0 Å². The summed E-state index contributed by atoms with van der Waals surface area (Å²) >= 11 is 0. The fourth-order valence-corrected chi connectivity index (χ4v) is 3.66. The lowest BCUT2D eigenvalue weighted by molar-refractivity contribution is 0.407. The summed E-state index contributed by atoms with van der Waals surface area (Å²) in [4.78, 5) is 4.94. The third-order valence-corrected chi connectivity index (χ3v) is 4.34. The maximum Gasteiger partial charge on any atom is 0.112 e. The lowest BCUT2D eigenvalue weighted by Gasteiger charge is -2.27. The molecular formula is C14H22N2. The van der Waals surface area contributed by atoms with Gasteiger partial charge in [0.05, 0.1) is 5.69 Å². The van der Waals surface area contributed by atoms with E-state index < -0.39 is 0 Å². The molecule has 0 spiro atoms. The first kappa shape index (κ1) is 10.4. The van der Waals surface area contributed by atoms with E-state index in [1.54, 1.807) is 5.69 Å². The fraction of sp³-hybridized carbons (Fsp3) is 0.786. The molecule has 0 saturated heterocycles. The summed E-state index contributed by atoms with van der Waals surface area (Å²) in [5, 5.41) is 0. The minimum absolute atomic E-state index is 0.668. The number of hydrogen-bond donors (Lipinski definition) is 0. The second-order valence-corrected chi connectivity index (χ2v) is 5.94. The van der Waals surface area contributed by atoms with Crippen LogP contribution >= 0.6 is 0 Å². The van der Waals surface area contributed by atoms with Gasteiger partial charge in [-0.05, 0) is 37.5 Å². The average Bonchev–Trinajstić information content (AvgIpc) is 2.57. The van der Waals surface area contributed by atoms with Crippen molar-refractivity contribution in [1.29, 1.82) is 0 Å². The van der Waals surface area contributed by atoms with E-state index in [2.05, 4.69) is 25.3 Å². The molecule has 0 bridgehead atoms. The highest BCUT2D eigenvalue weighted by Gasteiger charge is 2.31. The molecule has 3 atom stereocenters. The van der Waals surface area contributed by atoms with Crippen molar-refractivity contribution in [3.05, 3.63) is 17.2 Å². The van der Waals surface area contributed by atoms with Gasteiger partial charge in [0.2, 0.25) is 0 Å². The van der Waals surface area contributed by atoms with Gasteiger partial charge in [0.1, 0.15) is 5.82 Å². The largest absolute Gasteiger partial charge is 0.331 e. The van der Waals surface area contributed by atoms with Crippen molar-refractivity contribution in [1.82, 2.24) is 9.55 Å². The van der Waals surface area contributed by atoms with Gasteiger partial charge in [-0.1, -0.05) is 20.8 Å². The van der Waals surface area contributed by atoms with Gasteiger partial charge in [0.25, 0.3) is 0 Å². The van der Waals surface area contributed by atoms with Gasteiger partial charge < -0.3 is 4.57 Å². The van der Waals surface area contributed by atoms with Crippen LogP contribution < -0.4 is 0 Å². The summed E-state index contributed by atoms with van der Waals surface area (Å²) in [6, 6.07) is 0. The zero-order valence-electron chi connectivity index (χ0n) is 10.7. The molecule has 0 amide bonds. The normalized spacial score (nSPS) is 33.3. The minimum atomic E-state index is 0.668. The Morgan fingerprint density at radius 3 is 2.81 bits per heavy atom. The molecule has 1 aromatic heterocycles. The van der Waals surface area contributed by atoms with Gasteiger partial charge >= 0.3 is 0 Å². The van der Waals surface area contributed by atoms with Crippen LogP contribution in [-0.2, 0) is 13.0 Å². The Kier molecular flexibility index (Phi) is 2.34. The predicted octanol–water partition coefficient (Wildman–Crippen LogP) is 3.47. The lowest BCUT2D eigenvalue weighted by atomic mass is 9.84. The Morgan fingerprint density at radius 2 is 2.00 bits per heavy atom. The Hall–Kier alpha value is -0.790. The van der Waals surface area contributed by atoms with Crippen molar-refractivity contribution in [3.63, 3.8) is 0 Å². The quantitative estimate of drug-likeness (QED) is 0.652. The van der Waals surface area contributed by atoms with Crippen LogP contribution in [0.2, 0.25) is 0 Å². The van der Waals surface area contributed by atoms with E-state index in [-0.39, 0.29) is 0 Å². The van der Waals surface area contributed by atoms with Gasteiger partial charge in [-0.2, -0.15) is 0 Å². The summed E-state index contributed by atoms with van der Waals surface area (Å²) in [7, 11) is 0. The monoisotopic (exact) mass is 218 g/mol. The zero-order chi connectivity index (χ0) is 11.3. The van der Waals surface area contributed by atoms with Crippen LogP contribution in [0.3, 0.4) is 0 Å². The Balaban J connectivity index is 2.10. The molecule has 88 valence electrons. The smallest absolute Gasteiger partial charge is 0.112 e. The highest BCUT2D eigenvalue weighted by molar-refractivity contribution is 5.26.